The second kappa shape index (κ2) is 5.82. The Morgan fingerprint density at radius 2 is 1.74 bits per heavy atom. The van der Waals surface area contributed by atoms with Crippen LogP contribution in [0, 0.1) is 0 Å². The van der Waals surface area contributed by atoms with E-state index in [9.17, 15) is 0 Å². The molecule has 0 aliphatic rings. The zero-order valence-corrected chi connectivity index (χ0v) is 13.5. The third-order valence-electron chi connectivity index (χ3n) is 3.79. The monoisotopic (exact) mass is 317 g/mol. The van der Waals surface area contributed by atoms with Crippen LogP contribution < -0.4 is 5.43 Å². The molecule has 112 valence electrons. The number of benzene rings is 3. The van der Waals surface area contributed by atoms with Gasteiger partial charge in [-0.15, -0.1) is 0 Å². The molecule has 0 unspecified atom stereocenters. The lowest BCUT2D eigenvalue weighted by atomic mass is 10.0. The third kappa shape index (κ3) is 2.69. The van der Waals surface area contributed by atoms with Gasteiger partial charge in [0.25, 0.3) is 0 Å². The summed E-state index contributed by atoms with van der Waals surface area (Å²) in [6.45, 7) is 2.02. The van der Waals surface area contributed by atoms with E-state index < -0.39 is 0 Å². The zero-order valence-electron chi connectivity index (χ0n) is 12.7. The van der Waals surface area contributed by atoms with Crippen molar-refractivity contribution in [3.05, 3.63) is 72.3 Å². The quantitative estimate of drug-likeness (QED) is 0.412. The zero-order chi connectivity index (χ0) is 15.6. The maximum atomic E-state index is 4.54. The summed E-state index contributed by atoms with van der Waals surface area (Å²) >= 11 is 1.61. The molecule has 4 aromatic rings. The first-order valence-electron chi connectivity index (χ1n) is 7.45. The van der Waals surface area contributed by atoms with E-state index >= 15 is 0 Å². The van der Waals surface area contributed by atoms with Crippen molar-refractivity contribution in [3.63, 3.8) is 0 Å². The molecule has 4 rings (SSSR count). The molecule has 4 heteroatoms. The second-order valence-electron chi connectivity index (χ2n) is 5.32. The standard InChI is InChI=1S/C19H15N3S/c1-13(15-10-6-8-14-7-2-3-9-16(14)15)21-22-19-20-17-11-4-5-12-18(17)23-19/h2-12H,1H3,(H,20,22). The summed E-state index contributed by atoms with van der Waals surface area (Å²) in [7, 11) is 0. The number of thiazole rings is 1. The topological polar surface area (TPSA) is 37.3 Å². The number of para-hydroxylation sites is 1. The molecule has 0 atom stereocenters. The number of hydrogen-bond donors (Lipinski definition) is 1. The molecule has 3 nitrogen and oxygen atoms in total. The molecule has 0 radical (unpaired) electrons. The van der Waals surface area contributed by atoms with Gasteiger partial charge in [-0.1, -0.05) is 65.9 Å². The van der Waals surface area contributed by atoms with Crippen LogP contribution in [0.15, 0.2) is 71.8 Å². The first-order chi connectivity index (χ1) is 11.3. The van der Waals surface area contributed by atoms with E-state index in [2.05, 4.69) is 64.0 Å². The molecule has 0 spiro atoms. The Morgan fingerprint density at radius 1 is 0.957 bits per heavy atom. The maximum Gasteiger partial charge on any atom is 0.204 e. The number of aromatic nitrogens is 1. The number of nitrogens with zero attached hydrogens (tertiary/aromatic N) is 2. The van der Waals surface area contributed by atoms with E-state index in [1.54, 1.807) is 11.3 Å². The van der Waals surface area contributed by atoms with Crippen LogP contribution in [0.4, 0.5) is 5.13 Å². The van der Waals surface area contributed by atoms with Crippen molar-refractivity contribution < 1.29 is 0 Å². The Bertz CT molecular complexity index is 979. The fourth-order valence-corrected chi connectivity index (χ4v) is 3.46. The average Bonchev–Trinajstić information content (AvgIpc) is 3.02. The highest BCUT2D eigenvalue weighted by molar-refractivity contribution is 7.22. The summed E-state index contributed by atoms with van der Waals surface area (Å²) in [5, 5.41) is 7.77. The first-order valence-corrected chi connectivity index (χ1v) is 8.27. The fourth-order valence-electron chi connectivity index (χ4n) is 2.65. The molecule has 1 aromatic heterocycles. The van der Waals surface area contributed by atoms with Crippen molar-refractivity contribution in [2.24, 2.45) is 5.10 Å². The normalized spacial score (nSPS) is 12.0. The molecule has 23 heavy (non-hydrogen) atoms. The molecule has 0 fully saturated rings. The third-order valence-corrected chi connectivity index (χ3v) is 4.73. The fraction of sp³-hybridized carbons (Fsp3) is 0.0526. The van der Waals surface area contributed by atoms with Crippen LogP contribution in [0.2, 0.25) is 0 Å². The Balaban J connectivity index is 1.67. The Labute approximate surface area is 138 Å². The van der Waals surface area contributed by atoms with Gasteiger partial charge in [-0.05, 0) is 29.8 Å². The number of anilines is 1. The summed E-state index contributed by atoms with van der Waals surface area (Å²) < 4.78 is 1.16. The summed E-state index contributed by atoms with van der Waals surface area (Å²) in [6.07, 6.45) is 0. The minimum absolute atomic E-state index is 0.811. The van der Waals surface area contributed by atoms with Crippen LogP contribution >= 0.6 is 11.3 Å². The SMILES string of the molecule is CC(=NNc1nc2ccccc2s1)c1cccc2ccccc12. The minimum Gasteiger partial charge on any atom is -0.252 e. The Morgan fingerprint density at radius 3 is 2.65 bits per heavy atom. The van der Waals surface area contributed by atoms with Crippen molar-refractivity contribution in [2.75, 3.05) is 5.43 Å². The lowest BCUT2D eigenvalue weighted by molar-refractivity contribution is 1.29. The number of rotatable bonds is 3. The van der Waals surface area contributed by atoms with Crippen LogP contribution in [0.25, 0.3) is 21.0 Å². The van der Waals surface area contributed by atoms with Gasteiger partial charge in [0.15, 0.2) is 0 Å². The highest BCUT2D eigenvalue weighted by Gasteiger charge is 2.05. The van der Waals surface area contributed by atoms with Crippen LogP contribution in [-0.4, -0.2) is 10.7 Å². The van der Waals surface area contributed by atoms with Crippen LogP contribution in [0.1, 0.15) is 12.5 Å². The molecule has 3 aromatic carbocycles. The lowest BCUT2D eigenvalue weighted by Crippen LogP contribution is -2.00. The lowest BCUT2D eigenvalue weighted by Gasteiger charge is -2.06. The van der Waals surface area contributed by atoms with Crippen LogP contribution in [-0.2, 0) is 0 Å². The second-order valence-corrected chi connectivity index (χ2v) is 6.35. The molecule has 0 saturated carbocycles. The van der Waals surface area contributed by atoms with Crippen LogP contribution in [0.5, 0.6) is 0 Å². The maximum absolute atomic E-state index is 4.54. The molecular formula is C19H15N3S. The van der Waals surface area contributed by atoms with Gasteiger partial charge in [0.1, 0.15) is 0 Å². The van der Waals surface area contributed by atoms with Gasteiger partial charge in [-0.3, -0.25) is 5.43 Å². The van der Waals surface area contributed by atoms with Gasteiger partial charge in [0, 0.05) is 5.56 Å². The predicted octanol–water partition coefficient (Wildman–Crippen LogP) is 5.29. The Kier molecular flexibility index (Phi) is 3.52. The van der Waals surface area contributed by atoms with E-state index in [1.807, 2.05) is 25.1 Å². The van der Waals surface area contributed by atoms with Crippen molar-refractivity contribution in [2.45, 2.75) is 6.92 Å². The highest BCUT2D eigenvalue weighted by Crippen LogP contribution is 2.25. The molecule has 1 heterocycles. The average molecular weight is 317 g/mol. The molecule has 0 bridgehead atoms. The largest absolute Gasteiger partial charge is 0.252 e. The molecule has 0 amide bonds. The number of hydrogen-bond acceptors (Lipinski definition) is 4. The van der Waals surface area contributed by atoms with Crippen molar-refractivity contribution >= 4 is 43.2 Å². The van der Waals surface area contributed by atoms with Gasteiger partial charge in [-0.25, -0.2) is 4.98 Å². The molecule has 0 aliphatic carbocycles. The van der Waals surface area contributed by atoms with E-state index in [-0.39, 0.29) is 0 Å². The van der Waals surface area contributed by atoms with E-state index in [0.29, 0.717) is 0 Å². The minimum atomic E-state index is 0.811. The summed E-state index contributed by atoms with van der Waals surface area (Å²) in [4.78, 5) is 4.54. The number of nitrogens with one attached hydrogen (secondary N) is 1. The van der Waals surface area contributed by atoms with E-state index in [0.717, 1.165) is 26.6 Å². The van der Waals surface area contributed by atoms with E-state index in [4.69, 9.17) is 0 Å². The summed E-state index contributed by atoms with van der Waals surface area (Å²) in [5.74, 6) is 0. The summed E-state index contributed by atoms with van der Waals surface area (Å²) in [6, 6.07) is 22.7. The molecule has 0 saturated heterocycles. The molecule has 0 aliphatic heterocycles. The van der Waals surface area contributed by atoms with Gasteiger partial charge in [0.2, 0.25) is 5.13 Å². The van der Waals surface area contributed by atoms with Crippen molar-refractivity contribution in [1.82, 2.24) is 4.98 Å². The first kappa shape index (κ1) is 13.9. The predicted molar refractivity (Wildman–Crippen MR) is 99.4 cm³/mol. The summed E-state index contributed by atoms with van der Waals surface area (Å²) in [5.41, 5.74) is 6.17. The molecule has 1 N–H and O–H groups in total. The van der Waals surface area contributed by atoms with Gasteiger partial charge < -0.3 is 0 Å². The number of hydrazone groups is 1. The number of fused-ring (bicyclic) bond motifs is 2. The van der Waals surface area contributed by atoms with Gasteiger partial charge >= 0.3 is 0 Å². The van der Waals surface area contributed by atoms with Crippen molar-refractivity contribution in [3.8, 4) is 0 Å². The van der Waals surface area contributed by atoms with Crippen molar-refractivity contribution in [1.29, 1.82) is 0 Å². The smallest absolute Gasteiger partial charge is 0.204 e. The van der Waals surface area contributed by atoms with Gasteiger partial charge in [-0.2, -0.15) is 5.10 Å². The van der Waals surface area contributed by atoms with E-state index in [1.165, 1.54) is 10.8 Å². The Hall–Kier alpha value is -2.72. The molecular weight excluding hydrogens is 302 g/mol. The highest BCUT2D eigenvalue weighted by atomic mass is 32.1. The van der Waals surface area contributed by atoms with Gasteiger partial charge in [0.05, 0.1) is 15.9 Å². The van der Waals surface area contributed by atoms with Crippen LogP contribution in [0.3, 0.4) is 0 Å².